The number of aromatic nitrogens is 4. The minimum Gasteiger partial charge on any atom is -0.453 e. The Bertz CT molecular complexity index is 1810. The van der Waals surface area contributed by atoms with Crippen LogP contribution in [-0.4, -0.2) is 25.4 Å². The maximum Gasteiger partial charge on any atom is 0.282 e. The molecule has 36 heavy (non-hydrogen) atoms. The highest BCUT2D eigenvalue weighted by atomic mass is 16.3. The average molecular weight is 474 g/mol. The molecule has 0 saturated carbocycles. The van der Waals surface area contributed by atoms with Crippen molar-refractivity contribution in [3.05, 3.63) is 112 Å². The van der Waals surface area contributed by atoms with E-state index in [0.717, 1.165) is 39.3 Å². The van der Waals surface area contributed by atoms with Crippen molar-refractivity contribution in [2.75, 3.05) is 0 Å². The molecule has 0 radical (unpaired) electrons. The van der Waals surface area contributed by atoms with E-state index in [1.165, 1.54) is 4.68 Å². The van der Waals surface area contributed by atoms with Gasteiger partial charge in [0, 0.05) is 28.5 Å². The molecule has 4 aromatic heterocycles. The van der Waals surface area contributed by atoms with Gasteiger partial charge in [-0.05, 0) is 62.7 Å². The number of rotatable bonds is 4. The molecule has 6 aromatic rings. The number of nitrogens with zero attached hydrogens (tertiary/aromatic N) is 5. The third-order valence-corrected chi connectivity index (χ3v) is 6.31. The normalized spacial score (nSPS) is 11.8. The molecule has 7 heteroatoms. The van der Waals surface area contributed by atoms with Crippen LogP contribution in [0.2, 0.25) is 0 Å². The first-order valence-electron chi connectivity index (χ1n) is 11.7. The van der Waals surface area contributed by atoms with Gasteiger partial charge in [0.25, 0.3) is 5.56 Å². The van der Waals surface area contributed by atoms with Gasteiger partial charge < -0.3 is 8.98 Å². The molecule has 0 amide bonds. The van der Waals surface area contributed by atoms with Gasteiger partial charge in [0.1, 0.15) is 11.4 Å². The number of benzene rings is 2. The number of hydrogen-bond acceptors (Lipinski definition) is 5. The van der Waals surface area contributed by atoms with E-state index in [0.29, 0.717) is 22.5 Å². The molecule has 0 N–H and O–H groups in total. The summed E-state index contributed by atoms with van der Waals surface area (Å²) in [6.07, 6.45) is 3.54. The molecule has 0 aliphatic carbocycles. The van der Waals surface area contributed by atoms with Crippen LogP contribution in [0.15, 0.2) is 93.3 Å². The highest BCUT2D eigenvalue weighted by Crippen LogP contribution is 2.27. The second-order valence-electron chi connectivity index (χ2n) is 8.82. The number of hydrogen-bond donors (Lipinski definition) is 0. The van der Waals surface area contributed by atoms with Gasteiger partial charge in [-0.2, -0.15) is 9.78 Å². The van der Waals surface area contributed by atoms with Gasteiger partial charge in [-0.15, -0.1) is 0 Å². The standard InChI is InChI=1S/C29H23N5O2/c1-18-12-13-27(30-16-18)33-19(2)14-22(20(33)3)17-31-34-28(26-15-21-8-4-7-11-25(21)36-26)32-24-10-6-5-9-23(24)29(34)35/h4-17H,1-3H3. The summed E-state index contributed by atoms with van der Waals surface area (Å²) < 4.78 is 9.44. The summed E-state index contributed by atoms with van der Waals surface area (Å²) in [5.74, 6) is 1.66. The summed E-state index contributed by atoms with van der Waals surface area (Å²) >= 11 is 0. The van der Waals surface area contributed by atoms with Crippen molar-refractivity contribution in [3.8, 4) is 17.4 Å². The zero-order valence-corrected chi connectivity index (χ0v) is 20.1. The molecule has 6 rings (SSSR count). The van der Waals surface area contributed by atoms with Crippen LogP contribution in [0.25, 0.3) is 39.3 Å². The van der Waals surface area contributed by atoms with Gasteiger partial charge in [-0.3, -0.25) is 4.79 Å². The molecule has 0 aliphatic rings. The second kappa shape index (κ2) is 8.46. The molecule has 0 spiro atoms. The molecule has 7 nitrogen and oxygen atoms in total. The van der Waals surface area contributed by atoms with Crippen LogP contribution in [0.4, 0.5) is 0 Å². The quantitative estimate of drug-likeness (QED) is 0.303. The average Bonchev–Trinajstić information content (AvgIpc) is 3.44. The monoisotopic (exact) mass is 473 g/mol. The lowest BCUT2D eigenvalue weighted by Crippen LogP contribution is -2.20. The molecule has 0 aliphatic heterocycles. The van der Waals surface area contributed by atoms with E-state index in [-0.39, 0.29) is 5.56 Å². The van der Waals surface area contributed by atoms with Crippen molar-refractivity contribution < 1.29 is 4.42 Å². The summed E-state index contributed by atoms with van der Waals surface area (Å²) in [5, 5.41) is 6.04. The molecule has 0 saturated heterocycles. The van der Waals surface area contributed by atoms with Crippen molar-refractivity contribution in [2.45, 2.75) is 20.8 Å². The first kappa shape index (κ1) is 21.7. The third-order valence-electron chi connectivity index (χ3n) is 6.31. The maximum absolute atomic E-state index is 13.5. The van der Waals surface area contributed by atoms with Crippen LogP contribution in [0.3, 0.4) is 0 Å². The number of aryl methyl sites for hydroxylation is 2. The minimum atomic E-state index is -0.263. The van der Waals surface area contributed by atoms with Crippen LogP contribution in [0.1, 0.15) is 22.5 Å². The lowest BCUT2D eigenvalue weighted by Gasteiger charge is -2.09. The van der Waals surface area contributed by atoms with E-state index in [2.05, 4.69) is 14.7 Å². The number of pyridine rings is 1. The van der Waals surface area contributed by atoms with Crippen molar-refractivity contribution in [3.63, 3.8) is 0 Å². The van der Waals surface area contributed by atoms with Gasteiger partial charge >= 0.3 is 0 Å². The highest BCUT2D eigenvalue weighted by Gasteiger charge is 2.17. The van der Waals surface area contributed by atoms with E-state index < -0.39 is 0 Å². The summed E-state index contributed by atoms with van der Waals surface area (Å²) in [4.78, 5) is 22.8. The van der Waals surface area contributed by atoms with Gasteiger partial charge in [0.15, 0.2) is 5.76 Å². The van der Waals surface area contributed by atoms with E-state index in [4.69, 9.17) is 9.40 Å². The predicted molar refractivity (Wildman–Crippen MR) is 142 cm³/mol. The minimum absolute atomic E-state index is 0.263. The lowest BCUT2D eigenvalue weighted by atomic mass is 10.2. The van der Waals surface area contributed by atoms with E-state index in [1.807, 2.05) is 93.7 Å². The Balaban J connectivity index is 1.51. The van der Waals surface area contributed by atoms with E-state index >= 15 is 0 Å². The fourth-order valence-electron chi connectivity index (χ4n) is 4.47. The summed E-state index contributed by atoms with van der Waals surface area (Å²) in [6.45, 7) is 6.05. The molecule has 0 fully saturated rings. The lowest BCUT2D eigenvalue weighted by molar-refractivity contribution is 0.616. The summed E-state index contributed by atoms with van der Waals surface area (Å²) in [7, 11) is 0. The molecule has 176 valence electrons. The molecule has 4 heterocycles. The third kappa shape index (κ3) is 3.62. The number of furan rings is 1. The molecular formula is C29H23N5O2. The van der Waals surface area contributed by atoms with Crippen LogP contribution in [-0.2, 0) is 0 Å². The zero-order chi connectivity index (χ0) is 24.8. The molecule has 2 aromatic carbocycles. The van der Waals surface area contributed by atoms with Crippen LogP contribution >= 0.6 is 0 Å². The first-order valence-corrected chi connectivity index (χ1v) is 11.7. The number of para-hydroxylation sites is 2. The van der Waals surface area contributed by atoms with Crippen LogP contribution in [0.5, 0.6) is 0 Å². The fourth-order valence-corrected chi connectivity index (χ4v) is 4.47. The molecular weight excluding hydrogens is 450 g/mol. The topological polar surface area (TPSA) is 78.2 Å². The van der Waals surface area contributed by atoms with E-state index in [1.54, 1.807) is 12.3 Å². The smallest absolute Gasteiger partial charge is 0.282 e. The van der Waals surface area contributed by atoms with Crippen molar-refractivity contribution in [1.82, 2.24) is 19.2 Å². The van der Waals surface area contributed by atoms with Gasteiger partial charge in [0.2, 0.25) is 5.82 Å². The van der Waals surface area contributed by atoms with Crippen molar-refractivity contribution in [1.29, 1.82) is 0 Å². The highest BCUT2D eigenvalue weighted by molar-refractivity contribution is 5.85. The Morgan fingerprint density at radius 2 is 1.75 bits per heavy atom. The zero-order valence-electron chi connectivity index (χ0n) is 20.1. The van der Waals surface area contributed by atoms with Crippen molar-refractivity contribution in [2.24, 2.45) is 5.10 Å². The molecule has 0 atom stereocenters. The maximum atomic E-state index is 13.5. The van der Waals surface area contributed by atoms with Crippen molar-refractivity contribution >= 4 is 28.1 Å². The Morgan fingerprint density at radius 3 is 2.56 bits per heavy atom. The largest absolute Gasteiger partial charge is 0.453 e. The summed E-state index contributed by atoms with van der Waals surface area (Å²) in [6, 6.07) is 22.9. The van der Waals surface area contributed by atoms with Gasteiger partial charge in [-0.1, -0.05) is 36.4 Å². The molecule has 0 bridgehead atoms. The Morgan fingerprint density at radius 1 is 0.944 bits per heavy atom. The fraction of sp³-hybridized carbons (Fsp3) is 0.103. The molecule has 0 unspecified atom stereocenters. The van der Waals surface area contributed by atoms with E-state index in [9.17, 15) is 4.79 Å². The predicted octanol–water partition coefficient (Wildman–Crippen LogP) is 5.80. The second-order valence-corrected chi connectivity index (χ2v) is 8.82. The van der Waals surface area contributed by atoms with Gasteiger partial charge in [-0.25, -0.2) is 9.97 Å². The summed E-state index contributed by atoms with van der Waals surface area (Å²) in [5.41, 5.74) is 5.02. The Hall–Kier alpha value is -4.78. The SMILES string of the molecule is Cc1ccc(-n2c(C)cc(C=Nn3c(-c4cc5ccccc5o4)nc4ccccc4c3=O)c2C)nc1. The number of fused-ring (bicyclic) bond motifs is 2. The first-order chi connectivity index (χ1) is 17.5. The van der Waals surface area contributed by atoms with Crippen LogP contribution in [0, 0.1) is 20.8 Å². The Labute approximate surface area is 207 Å². The van der Waals surface area contributed by atoms with Crippen LogP contribution < -0.4 is 5.56 Å². The van der Waals surface area contributed by atoms with Gasteiger partial charge in [0.05, 0.1) is 17.1 Å². The Kier molecular flexibility index (Phi) is 5.11.